The second kappa shape index (κ2) is 9.70. The molecule has 0 atom stereocenters. The van der Waals surface area contributed by atoms with Crippen molar-refractivity contribution in [2.75, 3.05) is 19.6 Å². The van der Waals surface area contributed by atoms with Crippen LogP contribution >= 0.6 is 0 Å². The molecular formula is C24H32N2O. The van der Waals surface area contributed by atoms with E-state index in [2.05, 4.69) is 55.1 Å². The minimum atomic E-state index is 0.173. The van der Waals surface area contributed by atoms with E-state index in [0.717, 1.165) is 52.0 Å². The molecule has 2 aromatic rings. The second-order valence-electron chi connectivity index (χ2n) is 7.56. The van der Waals surface area contributed by atoms with Crippen LogP contribution in [0.3, 0.4) is 0 Å². The van der Waals surface area contributed by atoms with Crippen LogP contribution in [0.15, 0.2) is 54.6 Å². The Morgan fingerprint density at radius 2 is 1.56 bits per heavy atom. The topological polar surface area (TPSA) is 23.6 Å². The second-order valence-corrected chi connectivity index (χ2v) is 7.56. The van der Waals surface area contributed by atoms with Gasteiger partial charge in [-0.05, 0) is 56.0 Å². The number of amides is 1. The van der Waals surface area contributed by atoms with Gasteiger partial charge >= 0.3 is 0 Å². The molecule has 1 heterocycles. The highest BCUT2D eigenvalue weighted by Crippen LogP contribution is 2.22. The predicted octanol–water partition coefficient (Wildman–Crippen LogP) is 4.51. The lowest BCUT2D eigenvalue weighted by Crippen LogP contribution is -2.42. The number of piperidine rings is 1. The highest BCUT2D eigenvalue weighted by Gasteiger charge is 2.28. The summed E-state index contributed by atoms with van der Waals surface area (Å²) in [6.07, 6.45) is 3.03. The Hall–Kier alpha value is -2.13. The van der Waals surface area contributed by atoms with Crippen LogP contribution in [0.1, 0.15) is 43.4 Å². The zero-order valence-corrected chi connectivity index (χ0v) is 16.7. The standard InChI is InChI=1S/C24H32N2O/c1-3-20-10-12-22(13-11-20)18-25-16-14-23(15-17-25)24(27)26(4-2)19-21-8-6-5-7-9-21/h5-13,23H,3-4,14-19H2,1-2H3. The van der Waals surface area contributed by atoms with E-state index in [1.165, 1.54) is 16.7 Å². The first-order valence-electron chi connectivity index (χ1n) is 10.3. The fourth-order valence-electron chi connectivity index (χ4n) is 3.88. The lowest BCUT2D eigenvalue weighted by atomic mass is 9.94. The predicted molar refractivity (Wildman–Crippen MR) is 111 cm³/mol. The first-order chi connectivity index (χ1) is 13.2. The summed E-state index contributed by atoms with van der Waals surface area (Å²) in [5, 5.41) is 0. The molecule has 27 heavy (non-hydrogen) atoms. The molecule has 144 valence electrons. The first kappa shape index (κ1) is 19.6. The molecular weight excluding hydrogens is 332 g/mol. The Bertz CT molecular complexity index is 703. The van der Waals surface area contributed by atoms with E-state index in [9.17, 15) is 4.79 Å². The Kier molecular flexibility index (Phi) is 7.05. The Morgan fingerprint density at radius 1 is 0.926 bits per heavy atom. The average Bonchev–Trinajstić information content (AvgIpc) is 2.73. The zero-order chi connectivity index (χ0) is 19.1. The van der Waals surface area contributed by atoms with Gasteiger partial charge in [0.2, 0.25) is 5.91 Å². The van der Waals surface area contributed by atoms with Crippen LogP contribution in [0.5, 0.6) is 0 Å². The fraction of sp³-hybridized carbons (Fsp3) is 0.458. The summed E-state index contributed by atoms with van der Waals surface area (Å²) in [5.41, 5.74) is 3.97. The van der Waals surface area contributed by atoms with Crippen molar-refractivity contribution in [2.45, 2.75) is 46.2 Å². The van der Waals surface area contributed by atoms with Crippen LogP contribution in [0.25, 0.3) is 0 Å². The van der Waals surface area contributed by atoms with Gasteiger partial charge in [-0.25, -0.2) is 0 Å². The lowest BCUT2D eigenvalue weighted by molar-refractivity contribution is -0.137. The van der Waals surface area contributed by atoms with Crippen LogP contribution in [0.2, 0.25) is 0 Å². The number of aryl methyl sites for hydroxylation is 1. The summed E-state index contributed by atoms with van der Waals surface area (Å²) in [5.74, 6) is 0.501. The molecule has 1 aliphatic rings. The molecule has 1 saturated heterocycles. The molecule has 1 aliphatic heterocycles. The molecule has 0 N–H and O–H groups in total. The maximum atomic E-state index is 13.0. The van der Waals surface area contributed by atoms with Crippen molar-refractivity contribution in [3.8, 4) is 0 Å². The molecule has 0 bridgehead atoms. The third-order valence-electron chi connectivity index (χ3n) is 5.68. The third-order valence-corrected chi connectivity index (χ3v) is 5.68. The van der Waals surface area contributed by atoms with Crippen molar-refractivity contribution >= 4 is 5.91 Å². The minimum absolute atomic E-state index is 0.173. The van der Waals surface area contributed by atoms with Gasteiger partial charge in [-0.2, -0.15) is 0 Å². The fourth-order valence-corrected chi connectivity index (χ4v) is 3.88. The van der Waals surface area contributed by atoms with E-state index in [-0.39, 0.29) is 5.92 Å². The van der Waals surface area contributed by atoms with E-state index >= 15 is 0 Å². The van der Waals surface area contributed by atoms with Gasteiger partial charge in [-0.15, -0.1) is 0 Å². The average molecular weight is 365 g/mol. The maximum absolute atomic E-state index is 13.0. The summed E-state index contributed by atoms with van der Waals surface area (Å²) in [7, 11) is 0. The van der Waals surface area contributed by atoms with Gasteiger partial charge in [0, 0.05) is 25.6 Å². The van der Waals surface area contributed by atoms with E-state index in [1.807, 2.05) is 23.1 Å². The molecule has 3 nitrogen and oxygen atoms in total. The summed E-state index contributed by atoms with van der Waals surface area (Å²) in [6.45, 7) is 8.78. The molecule has 1 fully saturated rings. The quantitative estimate of drug-likeness (QED) is 0.722. The first-order valence-corrected chi connectivity index (χ1v) is 10.3. The molecule has 0 spiro atoms. The van der Waals surface area contributed by atoms with Crippen LogP contribution in [-0.2, 0) is 24.3 Å². The van der Waals surface area contributed by atoms with Crippen molar-refractivity contribution in [2.24, 2.45) is 5.92 Å². The van der Waals surface area contributed by atoms with Gasteiger partial charge in [0.25, 0.3) is 0 Å². The van der Waals surface area contributed by atoms with E-state index < -0.39 is 0 Å². The number of likely N-dealkylation sites (tertiary alicyclic amines) is 1. The minimum Gasteiger partial charge on any atom is -0.338 e. The lowest BCUT2D eigenvalue weighted by Gasteiger charge is -2.34. The normalized spacial score (nSPS) is 15.6. The van der Waals surface area contributed by atoms with Gasteiger partial charge < -0.3 is 4.90 Å². The summed E-state index contributed by atoms with van der Waals surface area (Å²) in [4.78, 5) is 17.5. The molecule has 1 amide bonds. The van der Waals surface area contributed by atoms with Gasteiger partial charge in [0.1, 0.15) is 0 Å². The molecule has 0 saturated carbocycles. The zero-order valence-electron chi connectivity index (χ0n) is 16.7. The van der Waals surface area contributed by atoms with Crippen LogP contribution < -0.4 is 0 Å². The largest absolute Gasteiger partial charge is 0.338 e. The van der Waals surface area contributed by atoms with Crippen molar-refractivity contribution in [1.82, 2.24) is 9.80 Å². The van der Waals surface area contributed by atoms with Gasteiger partial charge in [0.05, 0.1) is 0 Å². The summed E-state index contributed by atoms with van der Waals surface area (Å²) < 4.78 is 0. The Labute approximate surface area is 164 Å². The highest BCUT2D eigenvalue weighted by molar-refractivity contribution is 5.79. The molecule has 3 rings (SSSR count). The van der Waals surface area contributed by atoms with E-state index in [0.29, 0.717) is 5.91 Å². The number of hydrogen-bond donors (Lipinski definition) is 0. The number of nitrogens with zero attached hydrogens (tertiary/aromatic N) is 2. The Morgan fingerprint density at radius 3 is 2.15 bits per heavy atom. The van der Waals surface area contributed by atoms with Crippen LogP contribution in [0.4, 0.5) is 0 Å². The van der Waals surface area contributed by atoms with Crippen molar-refractivity contribution in [3.63, 3.8) is 0 Å². The highest BCUT2D eigenvalue weighted by atomic mass is 16.2. The number of hydrogen-bond acceptors (Lipinski definition) is 2. The smallest absolute Gasteiger partial charge is 0.226 e. The Balaban J connectivity index is 1.50. The van der Waals surface area contributed by atoms with Crippen LogP contribution in [-0.4, -0.2) is 35.3 Å². The maximum Gasteiger partial charge on any atom is 0.226 e. The molecule has 3 heteroatoms. The molecule has 0 radical (unpaired) electrons. The third kappa shape index (κ3) is 5.43. The van der Waals surface area contributed by atoms with E-state index in [4.69, 9.17) is 0 Å². The summed E-state index contributed by atoms with van der Waals surface area (Å²) in [6, 6.07) is 19.3. The summed E-state index contributed by atoms with van der Waals surface area (Å²) >= 11 is 0. The molecule has 0 aromatic heterocycles. The number of benzene rings is 2. The monoisotopic (exact) mass is 364 g/mol. The molecule has 0 aliphatic carbocycles. The van der Waals surface area contributed by atoms with Crippen molar-refractivity contribution < 1.29 is 4.79 Å². The number of carbonyl (C=O) groups is 1. The number of carbonyl (C=O) groups excluding carboxylic acids is 1. The number of rotatable bonds is 7. The molecule has 0 unspecified atom stereocenters. The molecule has 2 aromatic carbocycles. The van der Waals surface area contributed by atoms with Crippen molar-refractivity contribution in [3.05, 3.63) is 71.3 Å². The van der Waals surface area contributed by atoms with Gasteiger partial charge in [-0.3, -0.25) is 9.69 Å². The van der Waals surface area contributed by atoms with Gasteiger partial charge in [0.15, 0.2) is 0 Å². The van der Waals surface area contributed by atoms with E-state index in [1.54, 1.807) is 0 Å². The van der Waals surface area contributed by atoms with Gasteiger partial charge in [-0.1, -0.05) is 61.5 Å². The van der Waals surface area contributed by atoms with Crippen molar-refractivity contribution in [1.29, 1.82) is 0 Å². The SMILES string of the molecule is CCc1ccc(CN2CCC(C(=O)N(CC)Cc3ccccc3)CC2)cc1. The van der Waals surface area contributed by atoms with Crippen LogP contribution in [0, 0.1) is 5.92 Å².